The number of nitrogens with zero attached hydrogens (tertiary/aromatic N) is 1. The van der Waals surface area contributed by atoms with Gasteiger partial charge in [0, 0.05) is 20.3 Å². The Morgan fingerprint density at radius 1 is 0.967 bits per heavy atom. The molecular formula is C26H50N3O+. The number of hydrogen-bond acceptors (Lipinski definition) is 2. The molecule has 174 valence electrons. The fourth-order valence-electron chi connectivity index (χ4n) is 4.68. The van der Waals surface area contributed by atoms with E-state index in [1.54, 1.807) is 6.92 Å². The van der Waals surface area contributed by atoms with Crippen LogP contribution >= 0.6 is 0 Å². The largest absolute Gasteiger partial charge is 0.338 e. The molecule has 0 aromatic heterocycles. The maximum Gasteiger partial charge on any atom is 0.221 e. The summed E-state index contributed by atoms with van der Waals surface area (Å²) in [6.07, 6.45) is 28.1. The molecule has 4 heteroatoms. The van der Waals surface area contributed by atoms with E-state index in [9.17, 15) is 4.79 Å². The van der Waals surface area contributed by atoms with Crippen LogP contribution in [0.5, 0.6) is 0 Å². The van der Waals surface area contributed by atoms with Crippen molar-refractivity contribution < 1.29 is 9.28 Å². The van der Waals surface area contributed by atoms with Crippen LogP contribution < -0.4 is 10.6 Å². The summed E-state index contributed by atoms with van der Waals surface area (Å²) in [5, 5.41) is 6.63. The molecule has 1 aliphatic heterocycles. The zero-order chi connectivity index (χ0) is 22.1. The smallest absolute Gasteiger partial charge is 0.221 e. The van der Waals surface area contributed by atoms with Gasteiger partial charge in [0.15, 0.2) is 12.3 Å². The third-order valence-corrected chi connectivity index (χ3v) is 6.64. The molecule has 2 N–H and O–H groups in total. The van der Waals surface area contributed by atoms with Gasteiger partial charge in [-0.3, -0.25) is 9.28 Å². The van der Waals surface area contributed by atoms with Crippen molar-refractivity contribution in [2.45, 2.75) is 130 Å². The highest BCUT2D eigenvalue weighted by Gasteiger charge is 2.41. The molecule has 0 aromatic carbocycles. The second-order valence-electron chi connectivity index (χ2n) is 9.06. The van der Waals surface area contributed by atoms with Crippen LogP contribution in [0.1, 0.15) is 118 Å². The van der Waals surface area contributed by atoms with E-state index < -0.39 is 0 Å². The molecule has 0 saturated carbocycles. The molecule has 0 radical (unpaired) electrons. The number of allylic oxidation sites excluding steroid dienone is 2. The Morgan fingerprint density at radius 3 is 2.10 bits per heavy atom. The molecule has 3 atom stereocenters. The van der Waals surface area contributed by atoms with E-state index in [0.717, 1.165) is 17.4 Å². The van der Waals surface area contributed by atoms with Crippen molar-refractivity contribution in [2.24, 2.45) is 0 Å². The molecule has 1 heterocycles. The van der Waals surface area contributed by atoms with Crippen LogP contribution in [0.3, 0.4) is 0 Å². The Morgan fingerprint density at radius 2 is 1.53 bits per heavy atom. The SMILES string of the molecule is CCCCCCC/C=C/CCCCCCCCC1NC=C[N+]1(CC)C(C)NC(C)=O. The van der Waals surface area contributed by atoms with Crippen LogP contribution in [0.2, 0.25) is 0 Å². The summed E-state index contributed by atoms with van der Waals surface area (Å²) in [7, 11) is 0. The number of quaternary nitrogens is 1. The zero-order valence-electron chi connectivity index (χ0n) is 20.4. The first-order valence-electron chi connectivity index (χ1n) is 12.8. The maximum atomic E-state index is 11.5. The lowest BCUT2D eigenvalue weighted by molar-refractivity contribution is -0.923. The number of amides is 1. The van der Waals surface area contributed by atoms with Gasteiger partial charge in [-0.15, -0.1) is 0 Å². The fourth-order valence-corrected chi connectivity index (χ4v) is 4.68. The van der Waals surface area contributed by atoms with E-state index >= 15 is 0 Å². The Balaban J connectivity index is 2.06. The summed E-state index contributed by atoms with van der Waals surface area (Å²) in [5.74, 6) is 0.0503. The summed E-state index contributed by atoms with van der Waals surface area (Å²) in [6, 6.07) is 0. The zero-order valence-corrected chi connectivity index (χ0v) is 20.4. The van der Waals surface area contributed by atoms with Crippen molar-refractivity contribution in [1.82, 2.24) is 10.6 Å². The number of rotatable bonds is 18. The van der Waals surface area contributed by atoms with E-state index in [1.807, 2.05) is 0 Å². The molecule has 0 spiro atoms. The minimum Gasteiger partial charge on any atom is -0.338 e. The number of carbonyl (C=O) groups is 1. The molecule has 0 aliphatic carbocycles. The van der Waals surface area contributed by atoms with Crippen molar-refractivity contribution in [1.29, 1.82) is 0 Å². The number of unbranched alkanes of at least 4 members (excludes halogenated alkanes) is 11. The summed E-state index contributed by atoms with van der Waals surface area (Å²) in [5.41, 5.74) is 0. The van der Waals surface area contributed by atoms with Gasteiger partial charge in [-0.05, 0) is 39.0 Å². The first-order valence-corrected chi connectivity index (χ1v) is 12.8. The van der Waals surface area contributed by atoms with E-state index in [2.05, 4.69) is 56.0 Å². The predicted molar refractivity (Wildman–Crippen MR) is 130 cm³/mol. The van der Waals surface area contributed by atoms with Crippen molar-refractivity contribution >= 4 is 5.91 Å². The lowest BCUT2D eigenvalue weighted by Crippen LogP contribution is -2.62. The molecule has 1 rings (SSSR count). The van der Waals surface area contributed by atoms with Gasteiger partial charge in [0.1, 0.15) is 6.20 Å². The minimum absolute atomic E-state index is 0.0503. The molecule has 0 aromatic rings. The average Bonchev–Trinajstić information content (AvgIpc) is 3.14. The Hall–Kier alpha value is -1.29. The average molecular weight is 421 g/mol. The maximum absolute atomic E-state index is 11.5. The van der Waals surface area contributed by atoms with Crippen molar-refractivity contribution in [2.75, 3.05) is 6.54 Å². The van der Waals surface area contributed by atoms with Gasteiger partial charge in [-0.2, -0.15) is 0 Å². The van der Waals surface area contributed by atoms with Crippen LogP contribution in [0, 0.1) is 0 Å². The van der Waals surface area contributed by atoms with E-state index in [4.69, 9.17) is 0 Å². The first kappa shape index (κ1) is 26.7. The van der Waals surface area contributed by atoms with Crippen LogP contribution in [-0.2, 0) is 4.79 Å². The molecule has 1 amide bonds. The van der Waals surface area contributed by atoms with Gasteiger partial charge in [0.05, 0.1) is 12.7 Å². The fraction of sp³-hybridized carbons (Fsp3) is 0.808. The van der Waals surface area contributed by atoms with Crippen molar-refractivity contribution in [3.05, 3.63) is 24.6 Å². The summed E-state index contributed by atoms with van der Waals surface area (Å²) < 4.78 is 0.810. The highest BCUT2D eigenvalue weighted by molar-refractivity contribution is 5.72. The van der Waals surface area contributed by atoms with Gasteiger partial charge in [0.25, 0.3) is 0 Å². The Kier molecular flexibility index (Phi) is 14.6. The molecule has 1 aliphatic rings. The Labute approximate surface area is 187 Å². The van der Waals surface area contributed by atoms with Gasteiger partial charge >= 0.3 is 0 Å². The van der Waals surface area contributed by atoms with Gasteiger partial charge in [0.2, 0.25) is 5.91 Å². The second kappa shape index (κ2) is 16.4. The van der Waals surface area contributed by atoms with Gasteiger partial charge in [-0.1, -0.05) is 70.4 Å². The monoisotopic (exact) mass is 420 g/mol. The topological polar surface area (TPSA) is 41.1 Å². The molecule has 0 fully saturated rings. The molecule has 30 heavy (non-hydrogen) atoms. The Bertz CT molecular complexity index is 503. The van der Waals surface area contributed by atoms with Crippen LogP contribution in [0.15, 0.2) is 24.6 Å². The quantitative estimate of drug-likeness (QED) is 0.146. The highest BCUT2D eigenvalue weighted by atomic mass is 16.1. The molecule has 0 saturated heterocycles. The number of carbonyl (C=O) groups excluding carboxylic acids is 1. The lowest BCUT2D eigenvalue weighted by Gasteiger charge is -2.41. The van der Waals surface area contributed by atoms with Crippen molar-refractivity contribution in [3.8, 4) is 0 Å². The molecular weight excluding hydrogens is 370 g/mol. The highest BCUT2D eigenvalue weighted by Crippen LogP contribution is 2.26. The third-order valence-electron chi connectivity index (χ3n) is 6.64. The van der Waals surface area contributed by atoms with E-state index in [0.29, 0.717) is 6.17 Å². The normalized spacial score (nSPS) is 21.8. The van der Waals surface area contributed by atoms with Crippen LogP contribution in [0.4, 0.5) is 0 Å². The standard InChI is InChI=1S/C26H49N3O/c1-5-7-8-9-10-11-12-13-14-15-16-17-18-19-20-21-26-27-22-23-29(26,6-2)24(3)28-25(4)30/h12-13,22-24,26-27H,5-11,14-21H2,1-4H3/p+1/b13-12+. The lowest BCUT2D eigenvalue weighted by atomic mass is 10.1. The molecule has 3 unspecified atom stereocenters. The molecule has 0 bridgehead atoms. The first-order chi connectivity index (χ1) is 14.6. The summed E-state index contributed by atoms with van der Waals surface area (Å²) >= 11 is 0. The van der Waals surface area contributed by atoms with E-state index in [1.165, 1.54) is 83.5 Å². The second-order valence-corrected chi connectivity index (χ2v) is 9.06. The minimum atomic E-state index is 0.0503. The van der Waals surface area contributed by atoms with Gasteiger partial charge in [-0.25, -0.2) is 0 Å². The van der Waals surface area contributed by atoms with Crippen LogP contribution in [-0.4, -0.2) is 29.3 Å². The van der Waals surface area contributed by atoms with E-state index in [-0.39, 0.29) is 12.1 Å². The predicted octanol–water partition coefficient (Wildman–Crippen LogP) is 6.74. The van der Waals surface area contributed by atoms with Gasteiger partial charge < -0.3 is 10.6 Å². The van der Waals surface area contributed by atoms with Crippen molar-refractivity contribution in [3.63, 3.8) is 0 Å². The third kappa shape index (κ3) is 10.1. The number of nitrogens with one attached hydrogen (secondary N) is 2. The summed E-state index contributed by atoms with van der Waals surface area (Å²) in [4.78, 5) is 11.5. The molecule has 4 nitrogen and oxygen atoms in total. The van der Waals surface area contributed by atoms with Crippen LogP contribution in [0.25, 0.3) is 0 Å². The summed E-state index contributed by atoms with van der Waals surface area (Å²) in [6.45, 7) is 9.20. The number of hydrogen-bond donors (Lipinski definition) is 2.